The highest BCUT2D eigenvalue weighted by atomic mass is 32.2. The molecule has 0 aliphatic rings. The predicted octanol–water partition coefficient (Wildman–Crippen LogP) is 3.05. The molecule has 0 saturated heterocycles. The van der Waals surface area contributed by atoms with E-state index in [9.17, 15) is 13.2 Å². The minimum absolute atomic E-state index is 0.243. The zero-order chi connectivity index (χ0) is 22.5. The summed E-state index contributed by atoms with van der Waals surface area (Å²) in [7, 11) is -2.07. The lowest BCUT2D eigenvalue weighted by atomic mass is 10.1. The Bertz CT molecular complexity index is 974. The van der Waals surface area contributed by atoms with Crippen molar-refractivity contribution in [2.24, 2.45) is 0 Å². The number of nitrogens with one attached hydrogen (secondary N) is 1. The molecule has 0 unspecified atom stereocenters. The van der Waals surface area contributed by atoms with E-state index in [-0.39, 0.29) is 12.6 Å². The monoisotopic (exact) mass is 434 g/mol. The lowest BCUT2D eigenvalue weighted by Gasteiger charge is -2.29. The van der Waals surface area contributed by atoms with Gasteiger partial charge < -0.3 is 14.8 Å². The molecule has 2 rings (SSSR count). The largest absolute Gasteiger partial charge is 0.497 e. The average Bonchev–Trinajstić information content (AvgIpc) is 2.68. The summed E-state index contributed by atoms with van der Waals surface area (Å²) in [6.45, 7) is 7.47. The van der Waals surface area contributed by atoms with Crippen LogP contribution in [0.5, 0.6) is 11.5 Å². The maximum atomic E-state index is 12.8. The Morgan fingerprint density at radius 2 is 1.63 bits per heavy atom. The number of anilines is 1. The van der Waals surface area contributed by atoms with Crippen molar-refractivity contribution in [2.75, 3.05) is 24.3 Å². The first-order valence-corrected chi connectivity index (χ1v) is 11.5. The minimum Gasteiger partial charge on any atom is -0.497 e. The number of hydrogen-bond acceptors (Lipinski definition) is 5. The topological polar surface area (TPSA) is 84.9 Å². The van der Waals surface area contributed by atoms with E-state index in [0.29, 0.717) is 11.4 Å². The van der Waals surface area contributed by atoms with Gasteiger partial charge in [0.2, 0.25) is 15.9 Å². The molecule has 0 bridgehead atoms. The van der Waals surface area contributed by atoms with Gasteiger partial charge in [0, 0.05) is 0 Å². The van der Waals surface area contributed by atoms with E-state index in [1.807, 2.05) is 19.9 Å². The van der Waals surface area contributed by atoms with Gasteiger partial charge in [0.15, 0.2) is 0 Å². The highest BCUT2D eigenvalue weighted by molar-refractivity contribution is 7.92. The maximum Gasteiger partial charge on any atom is 0.243 e. The van der Waals surface area contributed by atoms with Gasteiger partial charge in [0.25, 0.3) is 0 Å². The number of ether oxygens (including phenoxy) is 2. The van der Waals surface area contributed by atoms with Crippen LogP contribution in [-0.4, -0.2) is 46.4 Å². The lowest BCUT2D eigenvalue weighted by molar-refractivity contribution is -0.122. The summed E-state index contributed by atoms with van der Waals surface area (Å²) in [4.78, 5) is 12.8. The number of amides is 1. The zero-order valence-electron chi connectivity index (χ0n) is 18.3. The van der Waals surface area contributed by atoms with Crippen LogP contribution < -0.4 is 19.1 Å². The number of sulfonamides is 1. The van der Waals surface area contributed by atoms with Gasteiger partial charge in [0.05, 0.1) is 25.1 Å². The van der Waals surface area contributed by atoms with Crippen molar-refractivity contribution in [3.63, 3.8) is 0 Å². The van der Waals surface area contributed by atoms with Crippen LogP contribution in [-0.2, 0) is 14.8 Å². The normalized spacial score (nSPS) is 13.3. The molecule has 0 fully saturated rings. The molecule has 0 heterocycles. The third kappa shape index (κ3) is 6.13. The number of carbonyl (C=O) groups is 1. The van der Waals surface area contributed by atoms with E-state index in [2.05, 4.69) is 5.32 Å². The molecular weight excluding hydrogens is 404 g/mol. The fourth-order valence-corrected chi connectivity index (χ4v) is 4.14. The number of aryl methyl sites for hydroxylation is 2. The van der Waals surface area contributed by atoms with Crippen LogP contribution in [0.15, 0.2) is 42.5 Å². The number of rotatable bonds is 9. The number of benzene rings is 2. The molecule has 0 aliphatic carbocycles. The second kappa shape index (κ2) is 9.84. The minimum atomic E-state index is -3.66. The first kappa shape index (κ1) is 23.5. The van der Waals surface area contributed by atoms with Crippen LogP contribution in [0.1, 0.15) is 25.0 Å². The van der Waals surface area contributed by atoms with Gasteiger partial charge in [-0.25, -0.2) is 8.42 Å². The summed E-state index contributed by atoms with van der Waals surface area (Å²) < 4.78 is 36.8. The highest BCUT2D eigenvalue weighted by Gasteiger charge is 2.30. The Morgan fingerprint density at radius 3 is 2.17 bits per heavy atom. The third-order valence-electron chi connectivity index (χ3n) is 4.78. The van der Waals surface area contributed by atoms with E-state index >= 15 is 0 Å². The van der Waals surface area contributed by atoms with Gasteiger partial charge in [0.1, 0.15) is 24.1 Å². The molecule has 0 saturated carbocycles. The summed E-state index contributed by atoms with van der Waals surface area (Å²) in [5.74, 6) is 0.979. The maximum absolute atomic E-state index is 12.8. The predicted molar refractivity (Wildman–Crippen MR) is 119 cm³/mol. The summed E-state index contributed by atoms with van der Waals surface area (Å²) in [6.07, 6.45) is 1.10. The molecule has 2 atom stereocenters. The molecule has 2 aromatic carbocycles. The van der Waals surface area contributed by atoms with Crippen molar-refractivity contribution in [3.05, 3.63) is 53.6 Å². The Hall–Kier alpha value is -2.74. The van der Waals surface area contributed by atoms with E-state index in [4.69, 9.17) is 9.47 Å². The summed E-state index contributed by atoms with van der Waals surface area (Å²) in [5.41, 5.74) is 2.47. The van der Waals surface area contributed by atoms with Crippen LogP contribution in [0.2, 0.25) is 0 Å². The van der Waals surface area contributed by atoms with Crippen molar-refractivity contribution in [3.8, 4) is 11.5 Å². The second-order valence-electron chi connectivity index (χ2n) is 7.40. The Kier molecular flexibility index (Phi) is 7.72. The van der Waals surface area contributed by atoms with E-state index in [1.54, 1.807) is 57.4 Å². The van der Waals surface area contributed by atoms with Crippen LogP contribution in [0.4, 0.5) is 5.69 Å². The molecule has 2 aromatic rings. The molecule has 0 aromatic heterocycles. The van der Waals surface area contributed by atoms with Crippen LogP contribution in [0, 0.1) is 13.8 Å². The standard InChI is InChI=1S/C22H30N2O5S/c1-15-7-8-19(13-16(15)2)24(30(6,26)27)18(4)22(25)23-17(3)14-29-21-11-9-20(28-5)10-12-21/h7-13,17-18H,14H2,1-6H3,(H,23,25)/t17-,18+/m1/s1. The molecule has 1 amide bonds. The molecule has 1 N–H and O–H groups in total. The molecular formula is C22H30N2O5S. The van der Waals surface area contributed by atoms with Crippen molar-refractivity contribution in [1.29, 1.82) is 0 Å². The lowest BCUT2D eigenvalue weighted by Crippen LogP contribution is -2.50. The number of carbonyl (C=O) groups excluding carboxylic acids is 1. The second-order valence-corrected chi connectivity index (χ2v) is 9.26. The molecule has 0 radical (unpaired) electrons. The first-order valence-electron chi connectivity index (χ1n) is 9.66. The zero-order valence-corrected chi connectivity index (χ0v) is 19.1. The summed E-state index contributed by atoms with van der Waals surface area (Å²) in [5, 5.41) is 2.83. The van der Waals surface area contributed by atoms with Crippen LogP contribution >= 0.6 is 0 Å². The van der Waals surface area contributed by atoms with Crippen LogP contribution in [0.25, 0.3) is 0 Å². The van der Waals surface area contributed by atoms with Gasteiger partial charge >= 0.3 is 0 Å². The van der Waals surface area contributed by atoms with E-state index in [1.165, 1.54) is 0 Å². The SMILES string of the molecule is COc1ccc(OC[C@@H](C)NC(=O)[C@H](C)N(c2ccc(C)c(C)c2)S(C)(=O)=O)cc1. The fourth-order valence-electron chi connectivity index (χ4n) is 2.97. The molecule has 7 nitrogen and oxygen atoms in total. The number of nitrogens with zero attached hydrogens (tertiary/aromatic N) is 1. The van der Waals surface area contributed by atoms with Crippen molar-refractivity contribution in [1.82, 2.24) is 5.32 Å². The quantitative estimate of drug-likeness (QED) is 0.656. The van der Waals surface area contributed by atoms with Crippen molar-refractivity contribution in [2.45, 2.75) is 39.8 Å². The number of hydrogen-bond donors (Lipinski definition) is 1. The molecule has 30 heavy (non-hydrogen) atoms. The Morgan fingerprint density at radius 1 is 1.03 bits per heavy atom. The number of methoxy groups -OCH3 is 1. The van der Waals surface area contributed by atoms with Crippen molar-refractivity contribution >= 4 is 21.6 Å². The third-order valence-corrected chi connectivity index (χ3v) is 6.02. The molecule has 164 valence electrons. The van der Waals surface area contributed by atoms with Gasteiger partial charge in [-0.3, -0.25) is 9.10 Å². The highest BCUT2D eigenvalue weighted by Crippen LogP contribution is 2.24. The van der Waals surface area contributed by atoms with Gasteiger partial charge in [-0.05, 0) is 75.2 Å². The van der Waals surface area contributed by atoms with E-state index < -0.39 is 22.0 Å². The summed E-state index contributed by atoms with van der Waals surface area (Å²) >= 11 is 0. The van der Waals surface area contributed by atoms with Crippen LogP contribution in [0.3, 0.4) is 0 Å². The van der Waals surface area contributed by atoms with Gasteiger partial charge in [-0.1, -0.05) is 6.07 Å². The fraction of sp³-hybridized carbons (Fsp3) is 0.409. The molecule has 0 aliphatic heterocycles. The average molecular weight is 435 g/mol. The van der Waals surface area contributed by atoms with Gasteiger partial charge in [-0.2, -0.15) is 0 Å². The smallest absolute Gasteiger partial charge is 0.243 e. The molecule has 8 heteroatoms. The first-order chi connectivity index (χ1) is 14.0. The summed E-state index contributed by atoms with van der Waals surface area (Å²) in [6, 6.07) is 11.2. The van der Waals surface area contributed by atoms with Crippen molar-refractivity contribution < 1.29 is 22.7 Å². The van der Waals surface area contributed by atoms with Gasteiger partial charge in [-0.15, -0.1) is 0 Å². The Balaban J connectivity index is 2.05. The van der Waals surface area contributed by atoms with E-state index in [0.717, 1.165) is 27.4 Å². The molecule has 0 spiro atoms. The Labute approximate surface area is 179 Å².